The van der Waals surface area contributed by atoms with Crippen LogP contribution in [0.5, 0.6) is 5.75 Å². The molecule has 0 fully saturated rings. The summed E-state index contributed by atoms with van der Waals surface area (Å²) < 4.78 is 51.4. The fourth-order valence-electron chi connectivity index (χ4n) is 4.00. The topological polar surface area (TPSA) is 68.5 Å². The molecule has 0 saturated heterocycles. The maximum atomic E-state index is 13.5. The fraction of sp³-hybridized carbons (Fsp3) is 0.267. The van der Waals surface area contributed by atoms with Gasteiger partial charge < -0.3 is 14.5 Å². The normalized spacial score (nSPS) is 12.8. The highest BCUT2D eigenvalue weighted by molar-refractivity contribution is 5.94. The molecule has 38 heavy (non-hydrogen) atoms. The van der Waals surface area contributed by atoms with Gasteiger partial charge in [0.2, 0.25) is 11.2 Å². The van der Waals surface area contributed by atoms with E-state index in [2.05, 4.69) is 26.1 Å². The van der Waals surface area contributed by atoms with E-state index < -0.39 is 29.2 Å². The van der Waals surface area contributed by atoms with E-state index in [4.69, 9.17) is 9.15 Å². The number of carbonyl (C=O) groups excluding carboxylic acids is 1. The third-order valence-electron chi connectivity index (χ3n) is 6.15. The molecule has 0 aliphatic carbocycles. The molecule has 4 rings (SSSR count). The minimum Gasteiger partial charge on any atom is -0.473 e. The van der Waals surface area contributed by atoms with Crippen molar-refractivity contribution in [2.24, 2.45) is 0 Å². The van der Waals surface area contributed by atoms with Crippen molar-refractivity contribution in [2.45, 2.75) is 51.8 Å². The molecule has 1 atom stereocenters. The molecule has 3 aromatic carbocycles. The Bertz CT molecular complexity index is 1520. The van der Waals surface area contributed by atoms with Gasteiger partial charge in [0.15, 0.2) is 11.9 Å². The average molecular weight is 524 g/mol. The fourth-order valence-corrected chi connectivity index (χ4v) is 4.00. The van der Waals surface area contributed by atoms with Crippen LogP contribution in [0.2, 0.25) is 0 Å². The molecular weight excluding hydrogens is 495 g/mol. The highest BCUT2D eigenvalue weighted by atomic mass is 19.4. The zero-order valence-electron chi connectivity index (χ0n) is 21.5. The van der Waals surface area contributed by atoms with Crippen molar-refractivity contribution >= 4 is 22.6 Å². The predicted molar refractivity (Wildman–Crippen MR) is 141 cm³/mol. The number of rotatable bonds is 6. The van der Waals surface area contributed by atoms with Gasteiger partial charge in [0.05, 0.1) is 10.9 Å². The predicted octanol–water partition coefficient (Wildman–Crippen LogP) is 7.57. The Morgan fingerprint density at radius 1 is 0.947 bits per heavy atom. The Labute approximate surface area is 218 Å². The van der Waals surface area contributed by atoms with E-state index in [1.165, 1.54) is 12.1 Å². The van der Waals surface area contributed by atoms with Gasteiger partial charge in [0, 0.05) is 11.3 Å². The van der Waals surface area contributed by atoms with Crippen LogP contribution in [0, 0.1) is 0 Å². The zero-order chi connectivity index (χ0) is 27.7. The number of hydrogen-bond acceptors (Lipinski definition) is 4. The van der Waals surface area contributed by atoms with E-state index in [9.17, 15) is 22.8 Å². The van der Waals surface area contributed by atoms with Gasteiger partial charge in [-0.15, -0.1) is 0 Å². The van der Waals surface area contributed by atoms with Gasteiger partial charge in [-0.2, -0.15) is 13.2 Å². The number of anilines is 1. The van der Waals surface area contributed by atoms with E-state index in [1.54, 1.807) is 31.2 Å². The van der Waals surface area contributed by atoms with Crippen LogP contribution in [0.4, 0.5) is 18.9 Å². The first-order valence-corrected chi connectivity index (χ1v) is 12.2. The smallest absolute Gasteiger partial charge is 0.416 e. The minimum atomic E-state index is -4.55. The highest BCUT2D eigenvalue weighted by Gasteiger charge is 2.31. The van der Waals surface area contributed by atoms with Crippen molar-refractivity contribution in [3.8, 4) is 17.1 Å². The van der Waals surface area contributed by atoms with Gasteiger partial charge in [-0.25, -0.2) is 0 Å². The Kier molecular flexibility index (Phi) is 7.35. The van der Waals surface area contributed by atoms with Crippen LogP contribution >= 0.6 is 0 Å². The highest BCUT2D eigenvalue weighted by Crippen LogP contribution is 2.34. The summed E-state index contributed by atoms with van der Waals surface area (Å²) in [5.41, 5.74) is 0.573. The number of hydrogen-bond donors (Lipinski definition) is 1. The maximum absolute atomic E-state index is 13.5. The summed E-state index contributed by atoms with van der Waals surface area (Å²) in [7, 11) is 0. The van der Waals surface area contributed by atoms with Crippen LogP contribution in [0.1, 0.15) is 45.2 Å². The van der Waals surface area contributed by atoms with Gasteiger partial charge in [-0.3, -0.25) is 9.59 Å². The van der Waals surface area contributed by atoms with Crippen LogP contribution in [0.15, 0.2) is 82.0 Å². The quantitative estimate of drug-likeness (QED) is 0.283. The molecule has 8 heteroatoms. The summed E-state index contributed by atoms with van der Waals surface area (Å²) in [6, 6.07) is 18.6. The van der Waals surface area contributed by atoms with Crippen molar-refractivity contribution in [2.75, 3.05) is 5.32 Å². The molecule has 0 aliphatic rings. The number of benzene rings is 3. The molecule has 0 saturated carbocycles. The van der Waals surface area contributed by atoms with Crippen molar-refractivity contribution < 1.29 is 27.1 Å². The summed E-state index contributed by atoms with van der Waals surface area (Å²) in [4.78, 5) is 26.5. The Morgan fingerprint density at radius 2 is 1.63 bits per heavy atom. The lowest BCUT2D eigenvalue weighted by Gasteiger charge is -2.21. The molecule has 4 aromatic rings. The second kappa shape index (κ2) is 10.4. The molecule has 1 N–H and O–H groups in total. The first kappa shape index (κ1) is 27.0. The molecule has 0 spiro atoms. The van der Waals surface area contributed by atoms with Crippen LogP contribution in [-0.2, 0) is 16.4 Å². The van der Waals surface area contributed by atoms with Gasteiger partial charge >= 0.3 is 6.18 Å². The second-order valence-corrected chi connectivity index (χ2v) is 10.00. The number of ether oxygens (including phenoxy) is 1. The lowest BCUT2D eigenvalue weighted by Crippen LogP contribution is -2.34. The molecule has 1 heterocycles. The van der Waals surface area contributed by atoms with E-state index >= 15 is 0 Å². The lowest BCUT2D eigenvalue weighted by atomic mass is 9.86. The van der Waals surface area contributed by atoms with Crippen LogP contribution in [0.25, 0.3) is 22.3 Å². The summed E-state index contributed by atoms with van der Waals surface area (Å²) in [6.07, 6.45) is -5.57. The largest absolute Gasteiger partial charge is 0.473 e. The SMILES string of the molecule is CCC(Oc1c(-c2ccc(C(C)(C)C)cc2)oc2ccccc2c1=O)C(=O)Nc1cccc(C(F)(F)F)c1. The monoisotopic (exact) mass is 523 g/mol. The Hall–Kier alpha value is -4.07. The Morgan fingerprint density at radius 3 is 2.26 bits per heavy atom. The maximum Gasteiger partial charge on any atom is 0.416 e. The first-order chi connectivity index (χ1) is 17.9. The number of amides is 1. The third kappa shape index (κ3) is 5.74. The molecule has 5 nitrogen and oxygen atoms in total. The molecule has 1 aromatic heterocycles. The van der Waals surface area contributed by atoms with Gasteiger partial charge in [0.1, 0.15) is 5.58 Å². The van der Waals surface area contributed by atoms with Crippen LogP contribution in [0.3, 0.4) is 0 Å². The van der Waals surface area contributed by atoms with Crippen LogP contribution < -0.4 is 15.5 Å². The zero-order valence-corrected chi connectivity index (χ0v) is 21.5. The molecule has 0 bridgehead atoms. The van der Waals surface area contributed by atoms with Gasteiger partial charge in [-0.05, 0) is 47.7 Å². The number of halogens is 3. The summed E-state index contributed by atoms with van der Waals surface area (Å²) in [5.74, 6) is -0.661. The average Bonchev–Trinajstić information content (AvgIpc) is 2.87. The number of carbonyl (C=O) groups is 1. The van der Waals surface area contributed by atoms with Crippen molar-refractivity contribution in [1.82, 2.24) is 0 Å². The molecule has 198 valence electrons. The lowest BCUT2D eigenvalue weighted by molar-refractivity contribution is -0.137. The van der Waals surface area contributed by atoms with Crippen LogP contribution in [-0.4, -0.2) is 12.0 Å². The third-order valence-corrected chi connectivity index (χ3v) is 6.15. The van der Waals surface area contributed by atoms with Crippen molar-refractivity contribution in [3.63, 3.8) is 0 Å². The van der Waals surface area contributed by atoms with E-state index in [-0.39, 0.29) is 34.4 Å². The van der Waals surface area contributed by atoms with Gasteiger partial charge in [-0.1, -0.05) is 70.2 Å². The summed E-state index contributed by atoms with van der Waals surface area (Å²) >= 11 is 0. The standard InChI is InChI=1S/C30H28F3NO4/c1-5-23(28(36)34-21-10-8-9-20(17-21)30(31,32)33)37-27-25(35)22-11-6-7-12-24(22)38-26(27)18-13-15-19(16-14-18)29(2,3)4/h6-17,23H,5H2,1-4H3,(H,34,36). The summed E-state index contributed by atoms with van der Waals surface area (Å²) in [6.45, 7) is 7.93. The van der Waals surface area contributed by atoms with E-state index in [0.717, 1.165) is 17.7 Å². The molecule has 1 amide bonds. The number of para-hydroxylation sites is 1. The van der Waals surface area contributed by atoms with Crippen molar-refractivity contribution in [3.05, 3.63) is 94.1 Å². The first-order valence-electron chi connectivity index (χ1n) is 12.2. The number of alkyl halides is 3. The van der Waals surface area contributed by atoms with Gasteiger partial charge in [0.25, 0.3) is 5.91 Å². The number of fused-ring (bicyclic) bond motifs is 1. The molecule has 0 radical (unpaired) electrons. The molecular formula is C30H28F3NO4. The molecule has 0 aliphatic heterocycles. The summed E-state index contributed by atoms with van der Waals surface area (Å²) in [5, 5.41) is 2.75. The van der Waals surface area contributed by atoms with E-state index in [0.29, 0.717) is 11.1 Å². The van der Waals surface area contributed by atoms with E-state index in [1.807, 2.05) is 24.3 Å². The molecule has 1 unspecified atom stereocenters. The number of nitrogens with one attached hydrogen (secondary N) is 1. The van der Waals surface area contributed by atoms with Crippen molar-refractivity contribution in [1.29, 1.82) is 0 Å². The Balaban J connectivity index is 1.72. The second-order valence-electron chi connectivity index (χ2n) is 10.00. The minimum absolute atomic E-state index is 0.0320.